The standard InChI is InChI=1S/C21H36N4O3/c1-2-9-22-10-4-13-24(16-15-22)21(28)18-7-8-20(27)25(17-18)14-5-12-23-11-3-6-19(23)26/h18H,2-17H2,1H3. The third-order valence-corrected chi connectivity index (χ3v) is 6.32. The molecular formula is C21H36N4O3. The van der Waals surface area contributed by atoms with Gasteiger partial charge in [-0.2, -0.15) is 0 Å². The second-order valence-electron chi connectivity index (χ2n) is 8.43. The van der Waals surface area contributed by atoms with E-state index in [0.717, 1.165) is 71.5 Å². The minimum absolute atomic E-state index is 0.0659. The van der Waals surface area contributed by atoms with Gasteiger partial charge < -0.3 is 19.6 Å². The summed E-state index contributed by atoms with van der Waals surface area (Å²) in [6.07, 6.45) is 5.73. The van der Waals surface area contributed by atoms with E-state index in [1.54, 1.807) is 0 Å². The van der Waals surface area contributed by atoms with Crippen LogP contribution in [0, 0.1) is 5.92 Å². The van der Waals surface area contributed by atoms with Crippen molar-refractivity contribution in [3.05, 3.63) is 0 Å². The molecule has 0 saturated carbocycles. The normalized spacial score (nSPS) is 24.8. The molecule has 3 amide bonds. The molecule has 0 N–H and O–H groups in total. The fraction of sp³-hybridized carbons (Fsp3) is 0.857. The van der Waals surface area contributed by atoms with Gasteiger partial charge in [0.25, 0.3) is 0 Å². The van der Waals surface area contributed by atoms with Crippen LogP contribution >= 0.6 is 0 Å². The van der Waals surface area contributed by atoms with Crippen molar-refractivity contribution in [1.82, 2.24) is 19.6 Å². The molecule has 28 heavy (non-hydrogen) atoms. The maximum Gasteiger partial charge on any atom is 0.227 e. The van der Waals surface area contributed by atoms with Gasteiger partial charge in [-0.3, -0.25) is 14.4 Å². The summed E-state index contributed by atoms with van der Waals surface area (Å²) in [5, 5.41) is 0. The second kappa shape index (κ2) is 10.2. The van der Waals surface area contributed by atoms with Crippen LogP contribution in [0.5, 0.6) is 0 Å². The number of rotatable bonds is 7. The molecule has 3 heterocycles. The molecule has 3 aliphatic heterocycles. The number of carbonyl (C=O) groups is 3. The van der Waals surface area contributed by atoms with Crippen molar-refractivity contribution in [1.29, 1.82) is 0 Å². The molecule has 0 aromatic heterocycles. The average molecular weight is 393 g/mol. The molecule has 3 saturated heterocycles. The summed E-state index contributed by atoms with van der Waals surface area (Å²) in [7, 11) is 0. The van der Waals surface area contributed by atoms with E-state index < -0.39 is 0 Å². The summed E-state index contributed by atoms with van der Waals surface area (Å²) >= 11 is 0. The third kappa shape index (κ3) is 5.46. The average Bonchev–Trinajstić information content (AvgIpc) is 2.95. The fourth-order valence-electron chi connectivity index (χ4n) is 4.71. The highest BCUT2D eigenvalue weighted by molar-refractivity contribution is 5.84. The summed E-state index contributed by atoms with van der Waals surface area (Å²) in [6.45, 7) is 9.73. The van der Waals surface area contributed by atoms with Crippen molar-refractivity contribution in [2.75, 3.05) is 58.9 Å². The first-order chi connectivity index (χ1) is 13.6. The zero-order valence-electron chi connectivity index (χ0n) is 17.4. The number of piperidine rings is 1. The van der Waals surface area contributed by atoms with Crippen LogP contribution in [-0.4, -0.2) is 96.2 Å². The van der Waals surface area contributed by atoms with Crippen LogP contribution in [0.1, 0.15) is 51.9 Å². The molecule has 7 nitrogen and oxygen atoms in total. The molecule has 1 atom stereocenters. The van der Waals surface area contributed by atoms with Crippen LogP contribution in [0.25, 0.3) is 0 Å². The van der Waals surface area contributed by atoms with Crippen molar-refractivity contribution in [2.45, 2.75) is 51.9 Å². The molecule has 0 aromatic carbocycles. The van der Waals surface area contributed by atoms with E-state index in [1.165, 1.54) is 0 Å². The number of hydrogen-bond donors (Lipinski definition) is 0. The van der Waals surface area contributed by atoms with E-state index in [-0.39, 0.29) is 23.6 Å². The monoisotopic (exact) mass is 392 g/mol. The minimum Gasteiger partial charge on any atom is -0.343 e. The number of carbonyl (C=O) groups excluding carboxylic acids is 3. The fourth-order valence-corrected chi connectivity index (χ4v) is 4.71. The number of hydrogen-bond acceptors (Lipinski definition) is 4. The van der Waals surface area contributed by atoms with Crippen LogP contribution in [-0.2, 0) is 14.4 Å². The van der Waals surface area contributed by atoms with Crippen molar-refractivity contribution in [3.8, 4) is 0 Å². The quantitative estimate of drug-likeness (QED) is 0.653. The maximum absolute atomic E-state index is 13.1. The van der Waals surface area contributed by atoms with Gasteiger partial charge in [-0.25, -0.2) is 0 Å². The highest BCUT2D eigenvalue weighted by Crippen LogP contribution is 2.21. The van der Waals surface area contributed by atoms with Gasteiger partial charge in [-0.05, 0) is 45.2 Å². The van der Waals surface area contributed by atoms with E-state index in [9.17, 15) is 14.4 Å². The van der Waals surface area contributed by atoms with Gasteiger partial charge in [0.15, 0.2) is 0 Å². The Morgan fingerprint density at radius 2 is 1.68 bits per heavy atom. The maximum atomic E-state index is 13.1. The molecule has 3 aliphatic rings. The van der Waals surface area contributed by atoms with Crippen LogP contribution in [0.2, 0.25) is 0 Å². The van der Waals surface area contributed by atoms with E-state index in [2.05, 4.69) is 11.8 Å². The lowest BCUT2D eigenvalue weighted by molar-refractivity contribution is -0.143. The molecule has 3 rings (SSSR count). The van der Waals surface area contributed by atoms with Gasteiger partial charge in [0.2, 0.25) is 17.7 Å². The Balaban J connectivity index is 1.46. The van der Waals surface area contributed by atoms with Gasteiger partial charge in [0.1, 0.15) is 0 Å². The van der Waals surface area contributed by atoms with Crippen molar-refractivity contribution in [2.24, 2.45) is 5.92 Å². The van der Waals surface area contributed by atoms with Crippen molar-refractivity contribution in [3.63, 3.8) is 0 Å². The van der Waals surface area contributed by atoms with Crippen LogP contribution in [0.15, 0.2) is 0 Å². The second-order valence-corrected chi connectivity index (χ2v) is 8.43. The zero-order valence-corrected chi connectivity index (χ0v) is 17.4. The van der Waals surface area contributed by atoms with Gasteiger partial charge in [0.05, 0.1) is 5.92 Å². The van der Waals surface area contributed by atoms with Crippen LogP contribution in [0.3, 0.4) is 0 Å². The molecule has 1 unspecified atom stereocenters. The molecule has 0 radical (unpaired) electrons. The highest BCUT2D eigenvalue weighted by Gasteiger charge is 2.33. The Labute approximate surface area is 169 Å². The summed E-state index contributed by atoms with van der Waals surface area (Å²) in [5.41, 5.74) is 0. The highest BCUT2D eigenvalue weighted by atomic mass is 16.2. The zero-order chi connectivity index (χ0) is 19.9. The smallest absolute Gasteiger partial charge is 0.227 e. The molecular weight excluding hydrogens is 356 g/mol. The molecule has 0 aliphatic carbocycles. The number of amides is 3. The SMILES string of the molecule is CCCN1CCCN(C(=O)C2CCC(=O)N(CCCN3CCCC3=O)C2)CC1. The van der Waals surface area contributed by atoms with E-state index in [4.69, 9.17) is 0 Å². The summed E-state index contributed by atoms with van der Waals surface area (Å²) in [5.74, 6) is 0.549. The molecule has 0 aromatic rings. The lowest BCUT2D eigenvalue weighted by Gasteiger charge is -2.35. The third-order valence-electron chi connectivity index (χ3n) is 6.32. The Morgan fingerprint density at radius 1 is 0.893 bits per heavy atom. The van der Waals surface area contributed by atoms with E-state index in [1.807, 2.05) is 14.7 Å². The molecule has 158 valence electrons. The summed E-state index contributed by atoms with van der Waals surface area (Å²) in [4.78, 5) is 45.3. The first-order valence-electron chi connectivity index (χ1n) is 11.1. The first-order valence-corrected chi connectivity index (χ1v) is 11.1. The molecule has 0 bridgehead atoms. The van der Waals surface area contributed by atoms with Gasteiger partial charge in [-0.1, -0.05) is 6.92 Å². The summed E-state index contributed by atoms with van der Waals surface area (Å²) < 4.78 is 0. The lowest BCUT2D eigenvalue weighted by atomic mass is 9.95. The van der Waals surface area contributed by atoms with Gasteiger partial charge in [-0.15, -0.1) is 0 Å². The molecule has 3 fully saturated rings. The molecule has 7 heteroatoms. The van der Waals surface area contributed by atoms with E-state index >= 15 is 0 Å². The first kappa shape index (κ1) is 21.1. The summed E-state index contributed by atoms with van der Waals surface area (Å²) in [6, 6.07) is 0. The topological polar surface area (TPSA) is 64.2 Å². The van der Waals surface area contributed by atoms with Crippen LogP contribution in [0.4, 0.5) is 0 Å². The Morgan fingerprint density at radius 3 is 2.43 bits per heavy atom. The lowest BCUT2D eigenvalue weighted by Crippen LogP contribution is -2.48. The van der Waals surface area contributed by atoms with Crippen molar-refractivity contribution >= 4 is 17.7 Å². The largest absolute Gasteiger partial charge is 0.343 e. The predicted octanol–water partition coefficient (Wildman–Crippen LogP) is 1.18. The van der Waals surface area contributed by atoms with Crippen molar-refractivity contribution < 1.29 is 14.4 Å². The molecule has 0 spiro atoms. The van der Waals surface area contributed by atoms with E-state index in [0.29, 0.717) is 32.4 Å². The Kier molecular flexibility index (Phi) is 7.71. The Hall–Kier alpha value is -1.63. The van der Waals surface area contributed by atoms with Gasteiger partial charge >= 0.3 is 0 Å². The minimum atomic E-state index is -0.0659. The Bertz CT molecular complexity index is 568. The number of likely N-dealkylation sites (tertiary alicyclic amines) is 2. The predicted molar refractivity (Wildman–Crippen MR) is 108 cm³/mol. The van der Waals surface area contributed by atoms with Gasteiger partial charge in [0, 0.05) is 58.7 Å². The number of nitrogens with zero attached hydrogens (tertiary/aromatic N) is 4. The van der Waals surface area contributed by atoms with Crippen LogP contribution < -0.4 is 0 Å².